The molecule has 1 aliphatic rings. The quantitative estimate of drug-likeness (QED) is 0.817. The summed E-state index contributed by atoms with van der Waals surface area (Å²) in [4.78, 5) is 12.9. The lowest BCUT2D eigenvalue weighted by Crippen LogP contribution is -2.23. The van der Waals surface area contributed by atoms with E-state index in [1.54, 1.807) is 24.3 Å². The van der Waals surface area contributed by atoms with Crippen LogP contribution in [-0.4, -0.2) is 38.9 Å². The number of carboxylic acids is 1. The van der Waals surface area contributed by atoms with Crippen molar-refractivity contribution in [1.29, 1.82) is 0 Å². The van der Waals surface area contributed by atoms with Crippen LogP contribution in [0.25, 0.3) is 0 Å². The van der Waals surface area contributed by atoms with Crippen molar-refractivity contribution in [2.75, 3.05) is 6.54 Å². The maximum atomic E-state index is 12.6. The molecule has 2 aromatic rings. The Morgan fingerprint density at radius 1 is 1.31 bits per heavy atom. The Morgan fingerprint density at radius 3 is 2.88 bits per heavy atom. The van der Waals surface area contributed by atoms with Crippen molar-refractivity contribution in [2.45, 2.75) is 45.5 Å². The van der Waals surface area contributed by atoms with E-state index < -0.39 is 12.6 Å². The van der Waals surface area contributed by atoms with Crippen LogP contribution in [0.4, 0.5) is 8.78 Å². The average molecular weight is 365 g/mol. The van der Waals surface area contributed by atoms with Crippen molar-refractivity contribution in [3.05, 3.63) is 47.3 Å². The first-order valence-corrected chi connectivity index (χ1v) is 8.54. The fourth-order valence-electron chi connectivity index (χ4n) is 3.17. The van der Waals surface area contributed by atoms with E-state index in [0.717, 1.165) is 30.9 Å². The first-order chi connectivity index (χ1) is 12.5. The van der Waals surface area contributed by atoms with Gasteiger partial charge in [0.05, 0.1) is 17.8 Å². The van der Waals surface area contributed by atoms with Crippen LogP contribution in [0.15, 0.2) is 30.3 Å². The number of nitrogens with zero attached hydrogens (tertiary/aromatic N) is 3. The molecule has 3 rings (SSSR count). The van der Waals surface area contributed by atoms with E-state index in [1.807, 2.05) is 10.7 Å². The SMILES string of the molecule is O=C(O)CCc1cc2n(n1)CCCN(Cc1ccccc1OC(F)F)C2. The molecule has 8 heteroatoms. The highest BCUT2D eigenvalue weighted by atomic mass is 19.3. The highest BCUT2D eigenvalue weighted by molar-refractivity contribution is 5.66. The normalized spacial score (nSPS) is 14.9. The van der Waals surface area contributed by atoms with Gasteiger partial charge in [0.25, 0.3) is 0 Å². The van der Waals surface area contributed by atoms with Gasteiger partial charge >= 0.3 is 12.6 Å². The van der Waals surface area contributed by atoms with E-state index in [0.29, 0.717) is 25.1 Å². The molecule has 1 aromatic carbocycles. The summed E-state index contributed by atoms with van der Waals surface area (Å²) in [6, 6.07) is 8.75. The molecule has 0 saturated heterocycles. The summed E-state index contributed by atoms with van der Waals surface area (Å²) in [5.74, 6) is -0.646. The number of fused-ring (bicyclic) bond motifs is 1. The number of aromatic nitrogens is 2. The average Bonchev–Trinajstić information content (AvgIpc) is 2.86. The summed E-state index contributed by atoms with van der Waals surface area (Å²) < 4.78 is 31.7. The molecular formula is C18H21F2N3O3. The lowest BCUT2D eigenvalue weighted by atomic mass is 10.1. The van der Waals surface area contributed by atoms with Crippen LogP contribution in [0.3, 0.4) is 0 Å². The third-order valence-corrected chi connectivity index (χ3v) is 4.32. The molecule has 0 saturated carbocycles. The number of para-hydroxylation sites is 1. The van der Waals surface area contributed by atoms with Crippen molar-refractivity contribution < 1.29 is 23.4 Å². The number of alkyl halides is 2. The number of rotatable bonds is 7. The zero-order chi connectivity index (χ0) is 18.5. The Kier molecular flexibility index (Phi) is 5.82. The first kappa shape index (κ1) is 18.3. The van der Waals surface area contributed by atoms with Crippen LogP contribution in [0.1, 0.15) is 29.8 Å². The van der Waals surface area contributed by atoms with Crippen LogP contribution in [0, 0.1) is 0 Å². The zero-order valence-electron chi connectivity index (χ0n) is 14.3. The molecule has 1 aliphatic heterocycles. The van der Waals surface area contributed by atoms with Crippen molar-refractivity contribution in [3.8, 4) is 5.75 Å². The van der Waals surface area contributed by atoms with E-state index in [4.69, 9.17) is 5.11 Å². The predicted octanol–water partition coefficient (Wildman–Crippen LogP) is 2.91. The minimum absolute atomic E-state index is 0.0541. The Hall–Kier alpha value is -2.48. The topological polar surface area (TPSA) is 67.6 Å². The number of aliphatic carboxylic acids is 1. The van der Waals surface area contributed by atoms with E-state index in [2.05, 4.69) is 14.7 Å². The largest absolute Gasteiger partial charge is 0.481 e. The molecule has 2 heterocycles. The number of aryl methyl sites for hydroxylation is 2. The third-order valence-electron chi connectivity index (χ3n) is 4.32. The molecule has 0 aliphatic carbocycles. The van der Waals surface area contributed by atoms with Gasteiger partial charge in [-0.2, -0.15) is 13.9 Å². The minimum Gasteiger partial charge on any atom is -0.481 e. The standard InChI is InChI=1S/C18H21F2N3O3/c19-18(20)26-16-5-2-1-4-13(16)11-22-8-3-9-23-15(12-22)10-14(21-23)6-7-17(24)25/h1-2,4-5,10,18H,3,6-9,11-12H2,(H,24,25). The smallest absolute Gasteiger partial charge is 0.387 e. The van der Waals surface area contributed by atoms with Gasteiger partial charge in [-0.05, 0) is 18.6 Å². The number of hydrogen-bond donors (Lipinski definition) is 1. The lowest BCUT2D eigenvalue weighted by Gasteiger charge is -2.21. The molecule has 0 unspecified atom stereocenters. The fraction of sp³-hybridized carbons (Fsp3) is 0.444. The van der Waals surface area contributed by atoms with Crippen molar-refractivity contribution >= 4 is 5.97 Å². The number of carboxylic acid groups (broad SMARTS) is 1. The highest BCUT2D eigenvalue weighted by Gasteiger charge is 2.19. The van der Waals surface area contributed by atoms with Gasteiger partial charge < -0.3 is 9.84 Å². The van der Waals surface area contributed by atoms with E-state index >= 15 is 0 Å². The molecule has 0 fully saturated rings. The Labute approximate surface area is 150 Å². The molecule has 140 valence electrons. The summed E-state index contributed by atoms with van der Waals surface area (Å²) >= 11 is 0. The van der Waals surface area contributed by atoms with E-state index in [9.17, 15) is 13.6 Å². The van der Waals surface area contributed by atoms with Crippen molar-refractivity contribution in [3.63, 3.8) is 0 Å². The Morgan fingerprint density at radius 2 is 2.12 bits per heavy atom. The maximum Gasteiger partial charge on any atom is 0.387 e. The number of carbonyl (C=O) groups is 1. The Bertz CT molecular complexity index is 764. The molecule has 1 aromatic heterocycles. The second kappa shape index (κ2) is 8.27. The Balaban J connectivity index is 1.70. The summed E-state index contributed by atoms with van der Waals surface area (Å²) in [7, 11) is 0. The fourth-order valence-corrected chi connectivity index (χ4v) is 3.17. The van der Waals surface area contributed by atoms with Crippen LogP contribution in [0.5, 0.6) is 5.75 Å². The molecule has 0 amide bonds. The molecule has 0 bridgehead atoms. The van der Waals surface area contributed by atoms with Crippen LogP contribution in [-0.2, 0) is 30.8 Å². The second-order valence-electron chi connectivity index (χ2n) is 6.29. The lowest BCUT2D eigenvalue weighted by molar-refractivity contribution is -0.136. The second-order valence-corrected chi connectivity index (χ2v) is 6.29. The molecule has 26 heavy (non-hydrogen) atoms. The van der Waals surface area contributed by atoms with E-state index in [1.165, 1.54) is 0 Å². The molecule has 0 radical (unpaired) electrons. The monoisotopic (exact) mass is 365 g/mol. The summed E-state index contributed by atoms with van der Waals surface area (Å²) in [6.07, 6.45) is 1.34. The van der Waals surface area contributed by atoms with Gasteiger partial charge in [0, 0.05) is 38.2 Å². The van der Waals surface area contributed by atoms with Gasteiger partial charge in [-0.1, -0.05) is 18.2 Å². The number of ether oxygens (including phenoxy) is 1. The van der Waals surface area contributed by atoms with Crippen molar-refractivity contribution in [1.82, 2.24) is 14.7 Å². The summed E-state index contributed by atoms with van der Waals surface area (Å²) in [5, 5.41) is 13.3. The van der Waals surface area contributed by atoms with Gasteiger partial charge in [0.2, 0.25) is 0 Å². The van der Waals surface area contributed by atoms with Gasteiger partial charge in [0.1, 0.15) is 5.75 Å². The molecule has 0 spiro atoms. The van der Waals surface area contributed by atoms with Gasteiger partial charge in [-0.25, -0.2) is 0 Å². The van der Waals surface area contributed by atoms with E-state index in [-0.39, 0.29) is 12.2 Å². The zero-order valence-corrected chi connectivity index (χ0v) is 14.3. The van der Waals surface area contributed by atoms with Gasteiger partial charge in [-0.15, -0.1) is 0 Å². The summed E-state index contributed by atoms with van der Waals surface area (Å²) in [5.41, 5.74) is 2.49. The van der Waals surface area contributed by atoms with Crippen LogP contribution >= 0.6 is 0 Å². The number of benzene rings is 1. The number of halogens is 2. The van der Waals surface area contributed by atoms with Crippen LogP contribution in [0.2, 0.25) is 0 Å². The summed E-state index contributed by atoms with van der Waals surface area (Å²) in [6.45, 7) is -0.148. The number of hydrogen-bond acceptors (Lipinski definition) is 4. The first-order valence-electron chi connectivity index (χ1n) is 8.54. The maximum absolute atomic E-state index is 12.6. The molecular weight excluding hydrogens is 344 g/mol. The van der Waals surface area contributed by atoms with Gasteiger partial charge in [0.15, 0.2) is 0 Å². The van der Waals surface area contributed by atoms with Crippen LogP contribution < -0.4 is 4.74 Å². The predicted molar refractivity (Wildman–Crippen MR) is 90.0 cm³/mol. The molecule has 1 N–H and O–H groups in total. The minimum atomic E-state index is -2.85. The highest BCUT2D eigenvalue weighted by Crippen LogP contribution is 2.24. The van der Waals surface area contributed by atoms with Crippen molar-refractivity contribution in [2.24, 2.45) is 0 Å². The third kappa shape index (κ3) is 4.78. The van der Waals surface area contributed by atoms with Gasteiger partial charge in [-0.3, -0.25) is 14.4 Å². The molecule has 6 nitrogen and oxygen atoms in total. The molecule has 0 atom stereocenters.